The average molecular weight is 458 g/mol. The van der Waals surface area contributed by atoms with Crippen molar-refractivity contribution in [1.82, 2.24) is 14.8 Å². The number of carbonyl (C=O) groups excluding carboxylic acids is 1. The molecule has 0 radical (unpaired) electrons. The molecule has 0 bridgehead atoms. The standard InChI is InChI=1S/C22H27N5O4S/c1-13(2)19-11-23-21-26(12-15-9-14(3)24-31-15)20(28)17-10-16(5-6-18(17)27(19)21)32(29,30)25-22(4)7-8-22/h5-6,9-10,13,19,25H,7-8,11-12H2,1-4H3/t19-/m1/s1. The molecule has 5 rings (SSSR count). The molecule has 10 heteroatoms. The summed E-state index contributed by atoms with van der Waals surface area (Å²) in [5, 5.41) is 3.91. The van der Waals surface area contributed by atoms with Crippen LogP contribution in [0.3, 0.4) is 0 Å². The number of aliphatic imine (C=N–C) groups is 1. The van der Waals surface area contributed by atoms with Gasteiger partial charge in [-0.05, 0) is 50.8 Å². The molecule has 32 heavy (non-hydrogen) atoms. The number of sulfonamides is 1. The largest absolute Gasteiger partial charge is 0.359 e. The number of amides is 1. The van der Waals surface area contributed by atoms with Crippen molar-refractivity contribution in [1.29, 1.82) is 0 Å². The lowest BCUT2D eigenvalue weighted by atomic mass is 10.00. The summed E-state index contributed by atoms with van der Waals surface area (Å²) >= 11 is 0. The number of anilines is 1. The van der Waals surface area contributed by atoms with Gasteiger partial charge in [-0.15, -0.1) is 0 Å². The van der Waals surface area contributed by atoms with E-state index in [4.69, 9.17) is 4.52 Å². The molecule has 3 heterocycles. The average Bonchev–Trinajstić information content (AvgIpc) is 3.12. The summed E-state index contributed by atoms with van der Waals surface area (Å²) in [4.78, 5) is 21.9. The molecule has 0 saturated heterocycles. The number of aromatic nitrogens is 1. The lowest BCUT2D eigenvalue weighted by Crippen LogP contribution is -2.53. The zero-order valence-electron chi connectivity index (χ0n) is 18.6. The number of nitrogens with zero attached hydrogens (tertiary/aromatic N) is 4. The van der Waals surface area contributed by atoms with Gasteiger partial charge in [-0.1, -0.05) is 19.0 Å². The summed E-state index contributed by atoms with van der Waals surface area (Å²) in [5.41, 5.74) is 1.36. The van der Waals surface area contributed by atoms with Crippen LogP contribution in [0.5, 0.6) is 0 Å². The quantitative estimate of drug-likeness (QED) is 0.715. The molecule has 1 amide bonds. The summed E-state index contributed by atoms with van der Waals surface area (Å²) in [6.07, 6.45) is 1.62. The molecule has 1 saturated carbocycles. The molecule has 9 nitrogen and oxygen atoms in total. The normalized spacial score (nSPS) is 21.6. The number of benzene rings is 1. The van der Waals surface area contributed by atoms with Crippen molar-refractivity contribution < 1.29 is 17.7 Å². The molecule has 1 aromatic heterocycles. The molecular formula is C22H27N5O4S. The second kappa shape index (κ2) is 7.14. The Bertz CT molecular complexity index is 1230. The Kier molecular flexibility index (Phi) is 4.72. The molecule has 3 aliphatic rings. The number of aryl methyl sites for hydroxylation is 1. The Balaban J connectivity index is 1.57. The lowest BCUT2D eigenvalue weighted by molar-refractivity contribution is 0.0822. The molecular weight excluding hydrogens is 430 g/mol. The van der Waals surface area contributed by atoms with Gasteiger partial charge in [0.1, 0.15) is 0 Å². The topological polar surface area (TPSA) is 108 Å². The van der Waals surface area contributed by atoms with Crippen LogP contribution in [-0.2, 0) is 16.6 Å². The zero-order valence-corrected chi connectivity index (χ0v) is 19.4. The zero-order chi connectivity index (χ0) is 22.8. The predicted octanol–water partition coefficient (Wildman–Crippen LogP) is 2.67. The third kappa shape index (κ3) is 3.51. The van der Waals surface area contributed by atoms with Gasteiger partial charge >= 0.3 is 0 Å². The van der Waals surface area contributed by atoms with E-state index in [0.29, 0.717) is 29.5 Å². The van der Waals surface area contributed by atoms with E-state index in [9.17, 15) is 13.2 Å². The number of nitrogens with one attached hydrogen (secondary N) is 1. The van der Waals surface area contributed by atoms with Crippen molar-refractivity contribution in [3.63, 3.8) is 0 Å². The highest BCUT2D eigenvalue weighted by Crippen LogP contribution is 2.39. The summed E-state index contributed by atoms with van der Waals surface area (Å²) in [5.74, 6) is 1.09. The van der Waals surface area contributed by atoms with Gasteiger partial charge in [0.15, 0.2) is 5.76 Å². The van der Waals surface area contributed by atoms with Gasteiger partial charge in [-0.3, -0.25) is 14.7 Å². The number of fused-ring (bicyclic) bond motifs is 3. The van der Waals surface area contributed by atoms with Crippen LogP contribution in [0.25, 0.3) is 0 Å². The molecule has 0 unspecified atom stereocenters. The van der Waals surface area contributed by atoms with E-state index in [1.165, 1.54) is 6.07 Å². The maximum atomic E-state index is 13.6. The lowest BCUT2D eigenvalue weighted by Gasteiger charge is -2.39. The van der Waals surface area contributed by atoms with E-state index in [2.05, 4.69) is 33.6 Å². The van der Waals surface area contributed by atoms with Gasteiger partial charge < -0.3 is 9.42 Å². The van der Waals surface area contributed by atoms with Crippen LogP contribution in [0.4, 0.5) is 5.69 Å². The van der Waals surface area contributed by atoms with E-state index in [-0.39, 0.29) is 29.3 Å². The van der Waals surface area contributed by atoms with E-state index < -0.39 is 15.6 Å². The first kappa shape index (κ1) is 21.1. The Morgan fingerprint density at radius 1 is 1.28 bits per heavy atom. The molecule has 1 fully saturated rings. The minimum Gasteiger partial charge on any atom is -0.359 e. The number of guanidine groups is 1. The minimum atomic E-state index is -3.74. The van der Waals surface area contributed by atoms with Gasteiger partial charge in [-0.2, -0.15) is 0 Å². The second-order valence-corrected chi connectivity index (χ2v) is 11.2. The first-order valence-corrected chi connectivity index (χ1v) is 12.3. The van der Waals surface area contributed by atoms with Gasteiger partial charge in [0.05, 0.1) is 41.0 Å². The third-order valence-corrected chi connectivity index (χ3v) is 8.00. The fraction of sp³-hybridized carbons (Fsp3) is 0.500. The van der Waals surface area contributed by atoms with Crippen molar-refractivity contribution >= 4 is 27.6 Å². The van der Waals surface area contributed by atoms with Gasteiger partial charge in [0.25, 0.3) is 5.91 Å². The van der Waals surface area contributed by atoms with Crippen LogP contribution < -0.4 is 9.62 Å². The Hall–Kier alpha value is -2.72. The molecule has 1 atom stereocenters. The number of hydrogen-bond acceptors (Lipinski definition) is 7. The van der Waals surface area contributed by atoms with Crippen molar-refractivity contribution in [3.05, 3.63) is 41.3 Å². The van der Waals surface area contributed by atoms with E-state index >= 15 is 0 Å². The monoisotopic (exact) mass is 457 g/mol. The first-order chi connectivity index (χ1) is 15.1. The summed E-state index contributed by atoms with van der Waals surface area (Å²) < 4.78 is 34.0. The van der Waals surface area contributed by atoms with Crippen LogP contribution in [-0.4, -0.2) is 48.5 Å². The molecule has 1 aliphatic carbocycles. The minimum absolute atomic E-state index is 0.0711. The van der Waals surface area contributed by atoms with Crippen LogP contribution >= 0.6 is 0 Å². The smallest absolute Gasteiger partial charge is 0.263 e. The fourth-order valence-corrected chi connectivity index (χ4v) is 5.74. The molecule has 2 aliphatic heterocycles. The molecule has 0 spiro atoms. The maximum Gasteiger partial charge on any atom is 0.263 e. The number of hydrogen-bond donors (Lipinski definition) is 1. The second-order valence-electron chi connectivity index (χ2n) is 9.49. The van der Waals surface area contributed by atoms with Crippen LogP contribution in [0.2, 0.25) is 0 Å². The third-order valence-electron chi connectivity index (χ3n) is 6.36. The Labute approximate surface area is 187 Å². The Morgan fingerprint density at radius 2 is 2.03 bits per heavy atom. The summed E-state index contributed by atoms with van der Waals surface area (Å²) in [7, 11) is -3.74. The molecule has 170 valence electrons. The highest BCUT2D eigenvalue weighted by Gasteiger charge is 2.45. The molecule has 1 N–H and O–H groups in total. The van der Waals surface area contributed by atoms with Crippen molar-refractivity contribution in [2.45, 2.75) is 63.6 Å². The Morgan fingerprint density at radius 3 is 2.66 bits per heavy atom. The van der Waals surface area contributed by atoms with Gasteiger partial charge in [-0.25, -0.2) is 13.1 Å². The SMILES string of the molecule is Cc1cc(CN2C(=O)c3cc(S(=O)(=O)NC4(C)CC4)ccc3N3C2=NC[C@@H]3C(C)C)on1. The summed E-state index contributed by atoms with van der Waals surface area (Å²) in [6.45, 7) is 8.66. The molecule has 1 aromatic carbocycles. The van der Waals surface area contributed by atoms with E-state index in [1.54, 1.807) is 23.1 Å². The van der Waals surface area contributed by atoms with E-state index in [1.807, 2.05) is 13.8 Å². The van der Waals surface area contributed by atoms with Crippen LogP contribution in [0.15, 0.2) is 38.7 Å². The van der Waals surface area contributed by atoms with Crippen molar-refractivity contribution in [2.24, 2.45) is 10.9 Å². The number of carbonyl (C=O) groups is 1. The van der Waals surface area contributed by atoms with Crippen molar-refractivity contribution in [2.75, 3.05) is 11.4 Å². The molecule has 2 aromatic rings. The fourth-order valence-electron chi connectivity index (χ4n) is 4.25. The van der Waals surface area contributed by atoms with Crippen LogP contribution in [0, 0.1) is 12.8 Å². The number of rotatable bonds is 6. The van der Waals surface area contributed by atoms with E-state index in [0.717, 1.165) is 18.5 Å². The van der Waals surface area contributed by atoms with Crippen LogP contribution in [0.1, 0.15) is 55.4 Å². The first-order valence-electron chi connectivity index (χ1n) is 10.8. The predicted molar refractivity (Wildman–Crippen MR) is 119 cm³/mol. The highest BCUT2D eigenvalue weighted by molar-refractivity contribution is 7.89. The highest BCUT2D eigenvalue weighted by atomic mass is 32.2. The summed E-state index contributed by atoms with van der Waals surface area (Å²) in [6, 6.07) is 6.63. The van der Waals surface area contributed by atoms with Gasteiger partial charge in [0.2, 0.25) is 16.0 Å². The van der Waals surface area contributed by atoms with Crippen molar-refractivity contribution in [3.8, 4) is 0 Å². The van der Waals surface area contributed by atoms with Gasteiger partial charge in [0, 0.05) is 11.6 Å². The maximum absolute atomic E-state index is 13.6.